The zero-order valence-corrected chi connectivity index (χ0v) is 8.72. The lowest BCUT2D eigenvalue weighted by Gasteiger charge is -2.07. The number of ether oxygens (including phenoxy) is 1. The summed E-state index contributed by atoms with van der Waals surface area (Å²) < 4.78 is 4.92. The van der Waals surface area contributed by atoms with Gasteiger partial charge in [-0.25, -0.2) is 0 Å². The van der Waals surface area contributed by atoms with E-state index in [1.165, 1.54) is 0 Å². The third-order valence-corrected chi connectivity index (χ3v) is 1.56. The molecule has 0 aromatic heterocycles. The fourth-order valence-electron chi connectivity index (χ4n) is 0.957. The number of unbranched alkanes of at least 4 members (excludes halogenated alkanes) is 1. The second-order valence-corrected chi connectivity index (χ2v) is 3.42. The number of esters is 1. The van der Waals surface area contributed by atoms with Gasteiger partial charge in [-0.05, 0) is 26.7 Å². The molecule has 3 nitrogen and oxygen atoms in total. The van der Waals surface area contributed by atoms with Crippen LogP contribution in [0.2, 0.25) is 0 Å². The molecule has 0 aliphatic rings. The van der Waals surface area contributed by atoms with Gasteiger partial charge in [-0.3, -0.25) is 4.79 Å². The van der Waals surface area contributed by atoms with E-state index in [0.29, 0.717) is 12.1 Å². The Hall–Kier alpha value is -0.860. The molecule has 0 saturated heterocycles. The van der Waals surface area contributed by atoms with Crippen molar-refractivity contribution in [1.29, 1.82) is 5.41 Å². The van der Waals surface area contributed by atoms with Gasteiger partial charge in [0, 0.05) is 5.71 Å². The topological polar surface area (TPSA) is 50.2 Å². The van der Waals surface area contributed by atoms with Crippen LogP contribution in [0.4, 0.5) is 0 Å². The van der Waals surface area contributed by atoms with Crippen LogP contribution in [0.3, 0.4) is 0 Å². The predicted octanol–water partition coefficient (Wildman–Crippen LogP) is 2.54. The second kappa shape index (κ2) is 6.63. The molecule has 0 aromatic rings. The smallest absolute Gasteiger partial charge is 0.311 e. The Balaban J connectivity index is 3.59. The third-order valence-electron chi connectivity index (χ3n) is 1.56. The summed E-state index contributed by atoms with van der Waals surface area (Å²) in [7, 11) is 0. The van der Waals surface area contributed by atoms with Gasteiger partial charge >= 0.3 is 5.97 Å². The maximum Gasteiger partial charge on any atom is 0.311 e. The maximum atomic E-state index is 11.1. The van der Waals surface area contributed by atoms with Gasteiger partial charge in [0.05, 0.1) is 12.5 Å². The van der Waals surface area contributed by atoms with Crippen molar-refractivity contribution in [2.24, 2.45) is 0 Å². The highest BCUT2D eigenvalue weighted by molar-refractivity contribution is 5.97. The lowest BCUT2D eigenvalue weighted by atomic mass is 10.1. The monoisotopic (exact) mass is 185 g/mol. The van der Waals surface area contributed by atoms with E-state index < -0.39 is 0 Å². The van der Waals surface area contributed by atoms with Crippen LogP contribution in [-0.2, 0) is 9.53 Å². The zero-order chi connectivity index (χ0) is 10.3. The number of hydrogen-bond donors (Lipinski definition) is 1. The van der Waals surface area contributed by atoms with E-state index in [1.807, 2.05) is 13.8 Å². The molecule has 13 heavy (non-hydrogen) atoms. The van der Waals surface area contributed by atoms with Crippen LogP contribution in [0.5, 0.6) is 0 Å². The first kappa shape index (κ1) is 12.1. The van der Waals surface area contributed by atoms with Gasteiger partial charge in [-0.1, -0.05) is 13.3 Å². The normalized spacial score (nSPS) is 10.2. The van der Waals surface area contributed by atoms with E-state index in [1.54, 1.807) is 0 Å². The molecule has 0 aliphatic carbocycles. The standard InChI is InChI=1S/C10H19NO2/c1-4-5-6-9(11)7-10(12)13-8(2)3/h8,11H,4-7H2,1-3H3. The van der Waals surface area contributed by atoms with Crippen molar-refractivity contribution in [1.82, 2.24) is 0 Å². The van der Waals surface area contributed by atoms with Crippen molar-refractivity contribution in [3.8, 4) is 0 Å². The largest absolute Gasteiger partial charge is 0.463 e. The third kappa shape index (κ3) is 7.50. The number of carbonyl (C=O) groups excluding carboxylic acids is 1. The minimum absolute atomic E-state index is 0.0773. The summed E-state index contributed by atoms with van der Waals surface area (Å²) in [4.78, 5) is 11.1. The summed E-state index contributed by atoms with van der Waals surface area (Å²) in [6.07, 6.45) is 2.82. The summed E-state index contributed by atoms with van der Waals surface area (Å²) in [5.74, 6) is -0.281. The lowest BCUT2D eigenvalue weighted by Crippen LogP contribution is -2.15. The first-order valence-electron chi connectivity index (χ1n) is 4.82. The van der Waals surface area contributed by atoms with Gasteiger partial charge < -0.3 is 10.1 Å². The van der Waals surface area contributed by atoms with E-state index in [0.717, 1.165) is 12.8 Å². The minimum Gasteiger partial charge on any atom is -0.463 e. The average molecular weight is 185 g/mol. The highest BCUT2D eigenvalue weighted by Crippen LogP contribution is 2.01. The van der Waals surface area contributed by atoms with Crippen molar-refractivity contribution in [2.45, 2.75) is 52.6 Å². The molecular formula is C10H19NO2. The van der Waals surface area contributed by atoms with E-state index in [2.05, 4.69) is 6.92 Å². The van der Waals surface area contributed by atoms with Crippen molar-refractivity contribution < 1.29 is 9.53 Å². The molecular weight excluding hydrogens is 166 g/mol. The van der Waals surface area contributed by atoms with Crippen molar-refractivity contribution in [3.05, 3.63) is 0 Å². The molecule has 0 spiro atoms. The number of rotatable bonds is 6. The first-order valence-corrected chi connectivity index (χ1v) is 4.82. The van der Waals surface area contributed by atoms with Gasteiger partial charge in [0.15, 0.2) is 0 Å². The highest BCUT2D eigenvalue weighted by atomic mass is 16.5. The minimum atomic E-state index is -0.281. The average Bonchev–Trinajstić information content (AvgIpc) is 1.98. The number of nitrogens with one attached hydrogen (secondary N) is 1. The molecule has 0 aliphatic heterocycles. The molecule has 0 heterocycles. The Kier molecular flexibility index (Phi) is 6.20. The van der Waals surface area contributed by atoms with E-state index in [-0.39, 0.29) is 18.5 Å². The summed E-state index contributed by atoms with van der Waals surface area (Å²) >= 11 is 0. The van der Waals surface area contributed by atoms with Crippen LogP contribution in [0.15, 0.2) is 0 Å². The Morgan fingerprint density at radius 2 is 2.08 bits per heavy atom. The Morgan fingerprint density at radius 3 is 2.54 bits per heavy atom. The maximum absolute atomic E-state index is 11.1. The number of carbonyl (C=O) groups is 1. The van der Waals surface area contributed by atoms with Crippen LogP contribution < -0.4 is 0 Å². The quantitative estimate of drug-likeness (QED) is 0.510. The van der Waals surface area contributed by atoms with Crippen LogP contribution in [0, 0.1) is 5.41 Å². The molecule has 3 heteroatoms. The molecule has 0 unspecified atom stereocenters. The van der Waals surface area contributed by atoms with E-state index >= 15 is 0 Å². The summed E-state index contributed by atoms with van der Waals surface area (Å²) in [6, 6.07) is 0. The SMILES string of the molecule is CCCCC(=N)CC(=O)OC(C)C. The fourth-order valence-corrected chi connectivity index (χ4v) is 0.957. The first-order chi connectivity index (χ1) is 6.06. The molecule has 0 amide bonds. The van der Waals surface area contributed by atoms with Gasteiger partial charge in [0.2, 0.25) is 0 Å². The Labute approximate surface area is 80.0 Å². The molecule has 1 N–H and O–H groups in total. The van der Waals surface area contributed by atoms with Crippen molar-refractivity contribution in [2.75, 3.05) is 0 Å². The fraction of sp³-hybridized carbons (Fsp3) is 0.800. The van der Waals surface area contributed by atoms with Gasteiger partial charge in [-0.2, -0.15) is 0 Å². The molecule has 0 rings (SSSR count). The summed E-state index contributed by atoms with van der Waals surface area (Å²) in [6.45, 7) is 5.70. The van der Waals surface area contributed by atoms with E-state index in [9.17, 15) is 4.79 Å². The number of hydrogen-bond acceptors (Lipinski definition) is 3. The lowest BCUT2D eigenvalue weighted by molar-refractivity contribution is -0.145. The van der Waals surface area contributed by atoms with Gasteiger partial charge in [-0.15, -0.1) is 0 Å². The molecule has 0 aromatic carbocycles. The second-order valence-electron chi connectivity index (χ2n) is 3.42. The van der Waals surface area contributed by atoms with Gasteiger partial charge in [0.1, 0.15) is 0 Å². The summed E-state index contributed by atoms with van der Waals surface area (Å²) in [5, 5.41) is 7.47. The van der Waals surface area contributed by atoms with Crippen LogP contribution >= 0.6 is 0 Å². The highest BCUT2D eigenvalue weighted by Gasteiger charge is 2.08. The molecule has 0 radical (unpaired) electrons. The molecule has 0 saturated carbocycles. The Bertz CT molecular complexity index is 176. The van der Waals surface area contributed by atoms with E-state index in [4.69, 9.17) is 10.1 Å². The van der Waals surface area contributed by atoms with Crippen molar-refractivity contribution in [3.63, 3.8) is 0 Å². The summed E-state index contributed by atoms with van der Waals surface area (Å²) in [5.41, 5.74) is 0.479. The van der Waals surface area contributed by atoms with Crippen LogP contribution in [0.1, 0.15) is 46.5 Å². The van der Waals surface area contributed by atoms with Crippen LogP contribution in [-0.4, -0.2) is 17.8 Å². The molecule has 0 fully saturated rings. The molecule has 76 valence electrons. The zero-order valence-electron chi connectivity index (χ0n) is 8.72. The van der Waals surface area contributed by atoms with Crippen molar-refractivity contribution >= 4 is 11.7 Å². The van der Waals surface area contributed by atoms with Gasteiger partial charge in [0.25, 0.3) is 0 Å². The Morgan fingerprint density at radius 1 is 1.46 bits per heavy atom. The molecule has 0 atom stereocenters. The molecule has 0 bridgehead atoms. The van der Waals surface area contributed by atoms with Crippen LogP contribution in [0.25, 0.3) is 0 Å². The predicted molar refractivity (Wildman–Crippen MR) is 53.1 cm³/mol.